The molecule has 0 fully saturated rings. The largest absolute Gasteiger partial charge is 0.497 e. The predicted octanol–water partition coefficient (Wildman–Crippen LogP) is 4.24. The summed E-state index contributed by atoms with van der Waals surface area (Å²) in [5.74, 6) is 0.512. The van der Waals surface area contributed by atoms with Crippen LogP contribution in [0.15, 0.2) is 66.9 Å². The summed E-state index contributed by atoms with van der Waals surface area (Å²) in [5, 5.41) is 5.62. The van der Waals surface area contributed by atoms with Crippen molar-refractivity contribution in [2.75, 3.05) is 7.11 Å². The van der Waals surface area contributed by atoms with Crippen molar-refractivity contribution >= 4 is 11.0 Å². The van der Waals surface area contributed by atoms with Gasteiger partial charge in [0.2, 0.25) is 0 Å². The molecule has 4 rings (SSSR count). The lowest BCUT2D eigenvalue weighted by atomic mass is 10.1. The normalized spacial score (nSPS) is 10.9. The molecule has 0 saturated heterocycles. The molecule has 0 atom stereocenters. The first-order valence-corrected chi connectivity index (χ1v) is 7.50. The lowest BCUT2D eigenvalue weighted by Gasteiger charge is -2.04. The fourth-order valence-electron chi connectivity index (χ4n) is 2.68. The minimum atomic E-state index is -0.268. The van der Waals surface area contributed by atoms with Crippen LogP contribution in [0.25, 0.3) is 28.0 Å². The summed E-state index contributed by atoms with van der Waals surface area (Å²) in [7, 11) is 1.63. The van der Waals surface area contributed by atoms with Crippen molar-refractivity contribution in [1.82, 2.24) is 14.8 Å². The molecule has 0 spiro atoms. The standard InChI is InChI=1S/C19H14FN3O/c1-24-16-10-8-15(9-11-16)23-19-17(3-2-12-21-19)18(22-23)13-4-6-14(20)7-5-13/h2-12H,1H3. The van der Waals surface area contributed by atoms with Gasteiger partial charge in [-0.3, -0.25) is 0 Å². The van der Waals surface area contributed by atoms with Crippen LogP contribution in [0, 0.1) is 5.82 Å². The van der Waals surface area contributed by atoms with Gasteiger partial charge in [0.1, 0.15) is 17.3 Å². The smallest absolute Gasteiger partial charge is 0.163 e. The highest BCUT2D eigenvalue weighted by Crippen LogP contribution is 2.29. The van der Waals surface area contributed by atoms with E-state index in [1.807, 2.05) is 36.4 Å². The second kappa shape index (κ2) is 5.77. The molecule has 4 aromatic rings. The van der Waals surface area contributed by atoms with Crippen molar-refractivity contribution in [3.63, 3.8) is 0 Å². The van der Waals surface area contributed by atoms with Crippen LogP contribution in [-0.2, 0) is 0 Å². The highest BCUT2D eigenvalue weighted by Gasteiger charge is 2.14. The van der Waals surface area contributed by atoms with Crippen LogP contribution < -0.4 is 4.74 Å². The zero-order valence-corrected chi connectivity index (χ0v) is 13.0. The summed E-state index contributed by atoms with van der Waals surface area (Å²) >= 11 is 0. The van der Waals surface area contributed by atoms with Gasteiger partial charge in [-0.15, -0.1) is 0 Å². The first kappa shape index (κ1) is 14.4. The van der Waals surface area contributed by atoms with Gasteiger partial charge in [0.25, 0.3) is 0 Å². The third-order valence-corrected chi connectivity index (χ3v) is 3.88. The number of hydrogen-bond donors (Lipinski definition) is 0. The van der Waals surface area contributed by atoms with Crippen molar-refractivity contribution in [3.05, 3.63) is 72.7 Å². The fourth-order valence-corrected chi connectivity index (χ4v) is 2.68. The molecule has 0 amide bonds. The van der Waals surface area contributed by atoms with E-state index in [1.54, 1.807) is 30.1 Å². The molecule has 0 bridgehead atoms. The molecule has 0 unspecified atom stereocenters. The summed E-state index contributed by atoms with van der Waals surface area (Å²) in [5.41, 5.74) is 3.26. The average Bonchev–Trinajstić information content (AvgIpc) is 3.02. The molecule has 2 aromatic heterocycles. The number of halogens is 1. The van der Waals surface area contributed by atoms with Gasteiger partial charge in [-0.2, -0.15) is 5.10 Å². The topological polar surface area (TPSA) is 39.9 Å². The van der Waals surface area contributed by atoms with Crippen LogP contribution in [0.2, 0.25) is 0 Å². The molecule has 5 heteroatoms. The average molecular weight is 319 g/mol. The van der Waals surface area contributed by atoms with E-state index in [0.29, 0.717) is 0 Å². The lowest BCUT2D eigenvalue weighted by molar-refractivity contribution is 0.414. The molecular formula is C19H14FN3O. The molecule has 118 valence electrons. The molecule has 0 radical (unpaired) electrons. The lowest BCUT2D eigenvalue weighted by Crippen LogP contribution is -1.97. The zero-order chi connectivity index (χ0) is 16.5. The zero-order valence-electron chi connectivity index (χ0n) is 13.0. The molecule has 0 N–H and O–H groups in total. The summed E-state index contributed by atoms with van der Waals surface area (Å²) in [6, 6.07) is 17.8. The monoisotopic (exact) mass is 319 g/mol. The Hall–Kier alpha value is -3.21. The number of benzene rings is 2. The van der Waals surface area contributed by atoms with Gasteiger partial charge in [0, 0.05) is 17.1 Å². The first-order chi connectivity index (χ1) is 11.8. The molecule has 24 heavy (non-hydrogen) atoms. The maximum atomic E-state index is 13.2. The highest BCUT2D eigenvalue weighted by molar-refractivity contribution is 5.91. The first-order valence-electron chi connectivity index (χ1n) is 7.50. The Morgan fingerprint density at radius 3 is 2.42 bits per heavy atom. The molecule has 0 aliphatic carbocycles. The van der Waals surface area contributed by atoms with E-state index in [4.69, 9.17) is 9.84 Å². The number of aromatic nitrogens is 3. The number of methoxy groups -OCH3 is 1. The molecule has 2 heterocycles. The minimum Gasteiger partial charge on any atom is -0.497 e. The maximum Gasteiger partial charge on any atom is 0.163 e. The second-order valence-electron chi connectivity index (χ2n) is 5.34. The van der Waals surface area contributed by atoms with Crippen LogP contribution in [-0.4, -0.2) is 21.9 Å². The highest BCUT2D eigenvalue weighted by atomic mass is 19.1. The van der Waals surface area contributed by atoms with Crippen LogP contribution in [0.5, 0.6) is 5.75 Å². The quantitative estimate of drug-likeness (QED) is 0.567. The summed E-state index contributed by atoms with van der Waals surface area (Å²) in [4.78, 5) is 4.46. The van der Waals surface area contributed by atoms with Crippen molar-refractivity contribution in [3.8, 4) is 22.7 Å². The van der Waals surface area contributed by atoms with Crippen molar-refractivity contribution in [2.45, 2.75) is 0 Å². The number of fused-ring (bicyclic) bond motifs is 1. The van der Waals surface area contributed by atoms with Crippen molar-refractivity contribution < 1.29 is 9.13 Å². The third-order valence-electron chi connectivity index (χ3n) is 3.88. The Balaban J connectivity index is 1.91. The molecule has 0 aliphatic heterocycles. The van der Waals surface area contributed by atoms with Gasteiger partial charge < -0.3 is 4.74 Å². The Kier molecular flexibility index (Phi) is 3.46. The van der Waals surface area contributed by atoms with E-state index in [-0.39, 0.29) is 5.82 Å². The van der Waals surface area contributed by atoms with Gasteiger partial charge in [-0.05, 0) is 60.7 Å². The summed E-state index contributed by atoms with van der Waals surface area (Å²) in [6.45, 7) is 0. The predicted molar refractivity (Wildman–Crippen MR) is 90.8 cm³/mol. The van der Waals surface area contributed by atoms with Crippen LogP contribution in [0.1, 0.15) is 0 Å². The summed E-state index contributed by atoms with van der Waals surface area (Å²) in [6.07, 6.45) is 1.73. The third kappa shape index (κ3) is 2.40. The van der Waals surface area contributed by atoms with Crippen molar-refractivity contribution in [2.24, 2.45) is 0 Å². The maximum absolute atomic E-state index is 13.2. The van der Waals surface area contributed by atoms with Crippen LogP contribution in [0.3, 0.4) is 0 Å². The Morgan fingerprint density at radius 2 is 1.71 bits per heavy atom. The van der Waals surface area contributed by atoms with E-state index in [0.717, 1.165) is 33.7 Å². The fraction of sp³-hybridized carbons (Fsp3) is 0.0526. The van der Waals surface area contributed by atoms with E-state index in [1.165, 1.54) is 12.1 Å². The van der Waals surface area contributed by atoms with Gasteiger partial charge in [0.15, 0.2) is 5.65 Å². The van der Waals surface area contributed by atoms with Gasteiger partial charge >= 0.3 is 0 Å². The number of pyridine rings is 1. The van der Waals surface area contributed by atoms with E-state index in [2.05, 4.69) is 4.98 Å². The Labute approximate surface area is 138 Å². The molecule has 0 aliphatic rings. The molecule has 4 nitrogen and oxygen atoms in total. The molecule has 2 aromatic carbocycles. The number of rotatable bonds is 3. The minimum absolute atomic E-state index is 0.268. The van der Waals surface area contributed by atoms with E-state index >= 15 is 0 Å². The van der Waals surface area contributed by atoms with Crippen LogP contribution in [0.4, 0.5) is 4.39 Å². The van der Waals surface area contributed by atoms with E-state index < -0.39 is 0 Å². The Morgan fingerprint density at radius 1 is 0.958 bits per heavy atom. The van der Waals surface area contributed by atoms with E-state index in [9.17, 15) is 4.39 Å². The van der Waals surface area contributed by atoms with Crippen molar-refractivity contribution in [1.29, 1.82) is 0 Å². The SMILES string of the molecule is COc1ccc(-n2nc(-c3ccc(F)cc3)c3cccnc32)cc1. The Bertz CT molecular complexity index is 991. The molecule has 0 saturated carbocycles. The van der Waals surface area contributed by atoms with Gasteiger partial charge in [-0.25, -0.2) is 14.1 Å². The number of nitrogens with zero attached hydrogens (tertiary/aromatic N) is 3. The number of ether oxygens (including phenoxy) is 1. The molecular weight excluding hydrogens is 305 g/mol. The van der Waals surface area contributed by atoms with Crippen LogP contribution >= 0.6 is 0 Å². The van der Waals surface area contributed by atoms with Gasteiger partial charge in [0.05, 0.1) is 12.8 Å². The summed E-state index contributed by atoms with van der Waals surface area (Å²) < 4.78 is 20.2. The second-order valence-corrected chi connectivity index (χ2v) is 5.34. The van der Waals surface area contributed by atoms with Gasteiger partial charge in [-0.1, -0.05) is 0 Å². The number of hydrogen-bond acceptors (Lipinski definition) is 3.